The van der Waals surface area contributed by atoms with Crippen LogP contribution in [0.2, 0.25) is 5.02 Å². The molecule has 0 amide bonds. The lowest BCUT2D eigenvalue weighted by Gasteiger charge is -2.07. The Bertz CT molecular complexity index is 355. The van der Waals surface area contributed by atoms with Crippen molar-refractivity contribution in [2.24, 2.45) is 0 Å². The van der Waals surface area contributed by atoms with Gasteiger partial charge < -0.3 is 9.47 Å². The van der Waals surface area contributed by atoms with Crippen LogP contribution in [0.15, 0.2) is 16.6 Å². The molecule has 0 aliphatic carbocycles. The molecule has 1 atom stereocenters. The van der Waals surface area contributed by atoms with E-state index < -0.39 is 0 Å². The van der Waals surface area contributed by atoms with Gasteiger partial charge in [-0.1, -0.05) is 11.6 Å². The van der Waals surface area contributed by atoms with Gasteiger partial charge in [0.05, 0.1) is 16.1 Å². The average Bonchev–Trinajstić information content (AvgIpc) is 2.92. The predicted octanol–water partition coefficient (Wildman–Crippen LogP) is 3.02. The zero-order valence-electron chi connectivity index (χ0n) is 7.10. The SMILES string of the molecule is Fc1cc(OC[C@@H]2CO2)c(Cl)cc1Br. The quantitative estimate of drug-likeness (QED) is 0.627. The highest BCUT2D eigenvalue weighted by atomic mass is 79.9. The highest BCUT2D eigenvalue weighted by Gasteiger charge is 2.23. The lowest BCUT2D eigenvalue weighted by atomic mass is 10.3. The molecule has 1 saturated heterocycles. The van der Waals surface area contributed by atoms with Gasteiger partial charge in [0.1, 0.15) is 24.3 Å². The molecule has 0 unspecified atom stereocenters. The minimum Gasteiger partial charge on any atom is -0.489 e. The van der Waals surface area contributed by atoms with Gasteiger partial charge in [0, 0.05) is 6.07 Å². The lowest BCUT2D eigenvalue weighted by molar-refractivity contribution is 0.262. The largest absolute Gasteiger partial charge is 0.489 e. The van der Waals surface area contributed by atoms with Crippen molar-refractivity contribution in [1.82, 2.24) is 0 Å². The van der Waals surface area contributed by atoms with E-state index >= 15 is 0 Å². The van der Waals surface area contributed by atoms with E-state index in [1.54, 1.807) is 0 Å². The van der Waals surface area contributed by atoms with Crippen molar-refractivity contribution >= 4 is 27.5 Å². The van der Waals surface area contributed by atoms with Crippen molar-refractivity contribution in [3.63, 3.8) is 0 Å². The first-order valence-corrected chi connectivity index (χ1v) is 5.23. The minimum atomic E-state index is -0.388. The summed E-state index contributed by atoms with van der Waals surface area (Å²) in [6.45, 7) is 1.12. The topological polar surface area (TPSA) is 21.8 Å². The number of ether oxygens (including phenoxy) is 2. The summed E-state index contributed by atoms with van der Waals surface area (Å²) in [6, 6.07) is 2.73. The highest BCUT2D eigenvalue weighted by Crippen LogP contribution is 2.30. The molecule has 1 aromatic carbocycles. The second-order valence-corrected chi connectivity index (χ2v) is 4.22. The molecule has 2 nitrogen and oxygen atoms in total. The van der Waals surface area contributed by atoms with E-state index in [-0.39, 0.29) is 11.9 Å². The molecule has 1 aromatic rings. The monoisotopic (exact) mass is 280 g/mol. The van der Waals surface area contributed by atoms with Gasteiger partial charge >= 0.3 is 0 Å². The molecular formula is C9H7BrClFO2. The summed E-state index contributed by atoms with van der Waals surface area (Å²) < 4.78 is 23.6. The third kappa shape index (κ3) is 2.38. The second-order valence-electron chi connectivity index (χ2n) is 2.96. The third-order valence-electron chi connectivity index (χ3n) is 1.80. The summed E-state index contributed by atoms with van der Waals surface area (Å²) in [6.07, 6.45) is 0.137. The van der Waals surface area contributed by atoms with Gasteiger partial charge in [-0.2, -0.15) is 0 Å². The summed E-state index contributed by atoms with van der Waals surface area (Å²) >= 11 is 8.88. The van der Waals surface area contributed by atoms with Crippen molar-refractivity contribution in [2.75, 3.05) is 13.2 Å². The molecule has 0 bridgehead atoms. The Hall–Kier alpha value is -0.320. The standard InChI is InChI=1S/C9H7BrClFO2/c10-6-1-7(11)9(2-8(6)12)14-4-5-3-13-5/h1-2,5H,3-4H2/t5-/m0/s1. The van der Waals surface area contributed by atoms with Crippen LogP contribution in [-0.4, -0.2) is 19.3 Å². The van der Waals surface area contributed by atoms with Crippen molar-refractivity contribution in [1.29, 1.82) is 0 Å². The molecule has 14 heavy (non-hydrogen) atoms. The first kappa shape index (κ1) is 10.2. The number of epoxide rings is 1. The van der Waals surface area contributed by atoms with Gasteiger partial charge in [0.15, 0.2) is 0 Å². The molecule has 0 spiro atoms. The molecule has 76 valence electrons. The summed E-state index contributed by atoms with van der Waals surface area (Å²) in [5.74, 6) is -0.0380. The number of halogens is 3. The van der Waals surface area contributed by atoms with Gasteiger partial charge in [-0.3, -0.25) is 0 Å². The van der Waals surface area contributed by atoms with E-state index in [2.05, 4.69) is 15.9 Å². The molecule has 0 N–H and O–H groups in total. The maximum absolute atomic E-state index is 13.1. The van der Waals surface area contributed by atoms with Gasteiger partial charge in [-0.05, 0) is 22.0 Å². The molecule has 1 aliphatic rings. The maximum Gasteiger partial charge on any atom is 0.141 e. The smallest absolute Gasteiger partial charge is 0.141 e. The summed E-state index contributed by atoms with van der Waals surface area (Å²) in [4.78, 5) is 0. The van der Waals surface area contributed by atoms with E-state index in [4.69, 9.17) is 21.1 Å². The number of rotatable bonds is 3. The molecule has 0 saturated carbocycles. The van der Waals surface area contributed by atoms with Gasteiger partial charge in [-0.25, -0.2) is 4.39 Å². The Morgan fingerprint density at radius 3 is 3.00 bits per heavy atom. The second kappa shape index (κ2) is 4.04. The summed E-state index contributed by atoms with van der Waals surface area (Å²) in [7, 11) is 0. The van der Waals surface area contributed by atoms with Crippen molar-refractivity contribution in [2.45, 2.75) is 6.10 Å². The van der Waals surface area contributed by atoms with E-state index in [9.17, 15) is 4.39 Å². The maximum atomic E-state index is 13.1. The van der Waals surface area contributed by atoms with Crippen LogP contribution in [0, 0.1) is 5.82 Å². The van der Waals surface area contributed by atoms with E-state index in [0.717, 1.165) is 0 Å². The van der Waals surface area contributed by atoms with Gasteiger partial charge in [-0.15, -0.1) is 0 Å². The fourth-order valence-electron chi connectivity index (χ4n) is 0.962. The minimum absolute atomic E-state index is 0.137. The molecule has 5 heteroatoms. The number of hydrogen-bond acceptors (Lipinski definition) is 2. The van der Waals surface area contributed by atoms with Gasteiger partial charge in [0.2, 0.25) is 0 Å². The van der Waals surface area contributed by atoms with Crippen LogP contribution in [0.1, 0.15) is 0 Å². The fraction of sp³-hybridized carbons (Fsp3) is 0.333. The number of hydrogen-bond donors (Lipinski definition) is 0. The molecule has 1 heterocycles. The molecule has 2 rings (SSSR count). The lowest BCUT2D eigenvalue weighted by Crippen LogP contribution is -2.04. The summed E-state index contributed by atoms with van der Waals surface area (Å²) in [5, 5.41) is 0.388. The van der Waals surface area contributed by atoms with Gasteiger partial charge in [0.25, 0.3) is 0 Å². The first-order chi connectivity index (χ1) is 6.66. The Morgan fingerprint density at radius 2 is 2.36 bits per heavy atom. The first-order valence-electron chi connectivity index (χ1n) is 4.06. The fourth-order valence-corrected chi connectivity index (χ4v) is 1.66. The Kier molecular flexibility index (Phi) is 2.95. The van der Waals surface area contributed by atoms with Crippen molar-refractivity contribution < 1.29 is 13.9 Å². The van der Waals surface area contributed by atoms with Crippen LogP contribution < -0.4 is 4.74 Å². The molecule has 0 radical (unpaired) electrons. The third-order valence-corrected chi connectivity index (χ3v) is 2.70. The number of benzene rings is 1. The molecule has 1 fully saturated rings. The highest BCUT2D eigenvalue weighted by molar-refractivity contribution is 9.10. The van der Waals surface area contributed by atoms with Crippen LogP contribution in [-0.2, 0) is 4.74 Å². The van der Waals surface area contributed by atoms with Crippen LogP contribution >= 0.6 is 27.5 Å². The van der Waals surface area contributed by atoms with Crippen molar-refractivity contribution in [3.05, 3.63) is 27.4 Å². The van der Waals surface area contributed by atoms with E-state index in [0.29, 0.717) is 28.5 Å². The van der Waals surface area contributed by atoms with E-state index in [1.807, 2.05) is 0 Å². The Labute approximate surface area is 94.1 Å². The van der Waals surface area contributed by atoms with E-state index in [1.165, 1.54) is 12.1 Å². The molecule has 1 aliphatic heterocycles. The average molecular weight is 282 g/mol. The van der Waals surface area contributed by atoms with Crippen LogP contribution in [0.5, 0.6) is 5.75 Å². The van der Waals surface area contributed by atoms with Crippen LogP contribution in [0.4, 0.5) is 4.39 Å². The molecular weight excluding hydrogens is 274 g/mol. The Morgan fingerprint density at radius 1 is 1.64 bits per heavy atom. The normalized spacial score (nSPS) is 19.5. The van der Waals surface area contributed by atoms with Crippen molar-refractivity contribution in [3.8, 4) is 5.75 Å². The zero-order valence-corrected chi connectivity index (χ0v) is 9.44. The molecule has 0 aromatic heterocycles. The van der Waals surface area contributed by atoms with Crippen LogP contribution in [0.3, 0.4) is 0 Å². The predicted molar refractivity (Wildman–Crippen MR) is 54.3 cm³/mol. The van der Waals surface area contributed by atoms with Crippen LogP contribution in [0.25, 0.3) is 0 Å². The Balaban J connectivity index is 2.10. The zero-order chi connectivity index (χ0) is 10.1. The summed E-state index contributed by atoms with van der Waals surface area (Å²) in [5.41, 5.74) is 0.